The Morgan fingerprint density at radius 1 is 1.14 bits per heavy atom. The highest BCUT2D eigenvalue weighted by Gasteiger charge is 2.43. The van der Waals surface area contributed by atoms with Crippen LogP contribution in [0.4, 0.5) is 0 Å². The molecule has 4 atom stereocenters. The van der Waals surface area contributed by atoms with Gasteiger partial charge in [-0.15, -0.1) is 11.3 Å². The van der Waals surface area contributed by atoms with Gasteiger partial charge >= 0.3 is 0 Å². The number of carbonyl (C=O) groups is 2. The van der Waals surface area contributed by atoms with E-state index < -0.39 is 6.10 Å². The highest BCUT2D eigenvalue weighted by molar-refractivity contribution is 7.13. The number of likely N-dealkylation sites (tertiary alicyclic amines) is 1. The second-order valence-electron chi connectivity index (χ2n) is 9.06. The van der Waals surface area contributed by atoms with Crippen LogP contribution >= 0.6 is 11.3 Å². The van der Waals surface area contributed by atoms with Crippen molar-refractivity contribution in [1.29, 1.82) is 0 Å². The highest BCUT2D eigenvalue weighted by atomic mass is 32.1. The first-order valence-electron chi connectivity index (χ1n) is 10.8. The van der Waals surface area contributed by atoms with Crippen molar-refractivity contribution in [2.24, 2.45) is 17.8 Å². The van der Waals surface area contributed by atoms with Crippen LogP contribution in [0, 0.1) is 24.7 Å². The van der Waals surface area contributed by atoms with Gasteiger partial charge in [-0.1, -0.05) is 19.3 Å². The number of hydrogen-bond acceptors (Lipinski definition) is 4. The fourth-order valence-electron chi connectivity index (χ4n) is 5.35. The van der Waals surface area contributed by atoms with E-state index in [1.54, 1.807) is 0 Å². The highest BCUT2D eigenvalue weighted by Crippen LogP contribution is 2.37. The minimum absolute atomic E-state index is 0.0937. The number of hydrogen-bond donors (Lipinski definition) is 2. The molecule has 154 valence electrons. The molecule has 2 N–H and O–H groups in total. The predicted molar refractivity (Wildman–Crippen MR) is 110 cm³/mol. The topological polar surface area (TPSA) is 69.6 Å². The summed E-state index contributed by atoms with van der Waals surface area (Å²) in [7, 11) is 0. The van der Waals surface area contributed by atoms with E-state index in [4.69, 9.17) is 0 Å². The number of thiophene rings is 1. The van der Waals surface area contributed by atoms with Gasteiger partial charge in [0.2, 0.25) is 5.91 Å². The Balaban J connectivity index is 1.31. The van der Waals surface area contributed by atoms with Gasteiger partial charge in [0.1, 0.15) is 0 Å². The zero-order chi connectivity index (χ0) is 19.7. The van der Waals surface area contributed by atoms with Crippen molar-refractivity contribution in [2.45, 2.75) is 70.4 Å². The number of aliphatic hydroxyl groups excluding tert-OH is 1. The average Bonchev–Trinajstić information content (AvgIpc) is 3.29. The molecule has 3 fully saturated rings. The van der Waals surface area contributed by atoms with Crippen molar-refractivity contribution in [2.75, 3.05) is 13.1 Å². The van der Waals surface area contributed by atoms with Gasteiger partial charge in [0.05, 0.1) is 17.0 Å². The summed E-state index contributed by atoms with van der Waals surface area (Å²) >= 11 is 1.48. The first-order valence-corrected chi connectivity index (χ1v) is 11.6. The van der Waals surface area contributed by atoms with Gasteiger partial charge in [-0.2, -0.15) is 0 Å². The first kappa shape index (κ1) is 19.9. The third kappa shape index (κ3) is 4.43. The zero-order valence-electron chi connectivity index (χ0n) is 16.7. The molecule has 1 aliphatic heterocycles. The molecule has 4 rings (SSSR count). The molecule has 1 aromatic heterocycles. The second-order valence-corrected chi connectivity index (χ2v) is 10.3. The van der Waals surface area contributed by atoms with Crippen LogP contribution in [0.15, 0.2) is 12.1 Å². The summed E-state index contributed by atoms with van der Waals surface area (Å²) in [6.45, 7) is 3.55. The van der Waals surface area contributed by atoms with Gasteiger partial charge in [0.25, 0.3) is 5.91 Å². The smallest absolute Gasteiger partial charge is 0.261 e. The van der Waals surface area contributed by atoms with Crippen molar-refractivity contribution in [3.8, 4) is 0 Å². The summed E-state index contributed by atoms with van der Waals surface area (Å²) in [5.41, 5.74) is 0. The molecule has 2 amide bonds. The molecule has 28 heavy (non-hydrogen) atoms. The molecule has 2 heterocycles. The zero-order valence-corrected chi connectivity index (χ0v) is 17.5. The van der Waals surface area contributed by atoms with Gasteiger partial charge < -0.3 is 15.3 Å². The molecule has 2 aliphatic carbocycles. The molecule has 0 bridgehead atoms. The average molecular weight is 405 g/mol. The molecule has 0 spiro atoms. The van der Waals surface area contributed by atoms with E-state index in [1.165, 1.54) is 43.4 Å². The van der Waals surface area contributed by atoms with E-state index in [-0.39, 0.29) is 11.9 Å². The number of aliphatic hydroxyl groups is 1. The molecule has 0 aromatic carbocycles. The van der Waals surface area contributed by atoms with Crippen molar-refractivity contribution >= 4 is 23.2 Å². The molecular weight excluding hydrogens is 372 g/mol. The fourth-order valence-corrected chi connectivity index (χ4v) is 6.12. The maximum Gasteiger partial charge on any atom is 0.261 e. The lowest BCUT2D eigenvalue weighted by Crippen LogP contribution is -2.49. The summed E-state index contributed by atoms with van der Waals surface area (Å²) in [5, 5.41) is 13.6. The lowest BCUT2D eigenvalue weighted by atomic mass is 9.77. The van der Waals surface area contributed by atoms with Crippen molar-refractivity contribution in [1.82, 2.24) is 10.2 Å². The normalized spacial score (nSPS) is 30.9. The van der Waals surface area contributed by atoms with Gasteiger partial charge in [0.15, 0.2) is 0 Å². The van der Waals surface area contributed by atoms with Crippen LogP contribution in [-0.4, -0.2) is 47.1 Å². The summed E-state index contributed by atoms with van der Waals surface area (Å²) in [6, 6.07) is 3.57. The lowest BCUT2D eigenvalue weighted by molar-refractivity contribution is -0.131. The number of rotatable bonds is 4. The number of carbonyl (C=O) groups excluding carboxylic acids is 2. The Labute approximate surface area is 171 Å². The van der Waals surface area contributed by atoms with Crippen LogP contribution in [0.1, 0.15) is 65.9 Å². The van der Waals surface area contributed by atoms with E-state index in [0.29, 0.717) is 41.4 Å². The van der Waals surface area contributed by atoms with Crippen molar-refractivity contribution in [3.63, 3.8) is 0 Å². The third-order valence-corrected chi connectivity index (χ3v) is 7.96. The molecule has 3 aliphatic rings. The largest absolute Gasteiger partial charge is 0.391 e. The standard InChI is InChI=1S/C22H32N2O3S/c1-14-7-8-20(28-14)22(27)23-18-10-16-12-24(13-17(16)11-19(18)25)21(26)9-15-5-3-2-4-6-15/h7-8,15-19,25H,2-6,9-13H2,1H3,(H,23,27)/t16-,17+,18-,19-/m0/s1. The molecule has 5 nitrogen and oxygen atoms in total. The number of aryl methyl sites for hydroxylation is 1. The molecule has 0 radical (unpaired) electrons. The van der Waals surface area contributed by atoms with E-state index >= 15 is 0 Å². The van der Waals surface area contributed by atoms with Crippen LogP contribution in [0.5, 0.6) is 0 Å². The number of amides is 2. The predicted octanol–water partition coefficient (Wildman–Crippen LogP) is 3.35. The summed E-state index contributed by atoms with van der Waals surface area (Å²) in [5.74, 6) is 1.52. The molecule has 0 unspecified atom stereocenters. The third-order valence-electron chi connectivity index (χ3n) is 6.96. The van der Waals surface area contributed by atoms with Gasteiger partial charge in [-0.05, 0) is 62.5 Å². The van der Waals surface area contributed by atoms with Crippen LogP contribution in [0.2, 0.25) is 0 Å². The summed E-state index contributed by atoms with van der Waals surface area (Å²) in [4.78, 5) is 29.1. The van der Waals surface area contributed by atoms with Crippen LogP contribution in [-0.2, 0) is 4.79 Å². The second kappa shape index (κ2) is 8.54. The van der Waals surface area contributed by atoms with E-state index in [1.807, 2.05) is 24.0 Å². The quantitative estimate of drug-likeness (QED) is 0.808. The lowest BCUT2D eigenvalue weighted by Gasteiger charge is -2.35. The molecule has 1 aromatic rings. The fraction of sp³-hybridized carbons (Fsp3) is 0.727. The summed E-state index contributed by atoms with van der Waals surface area (Å²) < 4.78 is 0. The number of nitrogens with one attached hydrogen (secondary N) is 1. The minimum Gasteiger partial charge on any atom is -0.391 e. The van der Waals surface area contributed by atoms with Crippen molar-refractivity contribution < 1.29 is 14.7 Å². The van der Waals surface area contributed by atoms with Gasteiger partial charge in [-0.25, -0.2) is 0 Å². The Morgan fingerprint density at radius 3 is 2.54 bits per heavy atom. The molecule has 6 heteroatoms. The van der Waals surface area contributed by atoms with E-state index in [9.17, 15) is 14.7 Å². The van der Waals surface area contributed by atoms with Gasteiger partial charge in [-0.3, -0.25) is 9.59 Å². The Morgan fingerprint density at radius 2 is 1.86 bits per heavy atom. The van der Waals surface area contributed by atoms with Crippen LogP contribution < -0.4 is 5.32 Å². The first-order chi connectivity index (χ1) is 13.5. The SMILES string of the molecule is Cc1ccc(C(=O)N[C@H]2C[C@H]3CN(C(=O)CC4CCCCC4)C[C@H]3C[C@@H]2O)s1. The van der Waals surface area contributed by atoms with E-state index in [2.05, 4.69) is 5.32 Å². The van der Waals surface area contributed by atoms with E-state index in [0.717, 1.165) is 24.4 Å². The molecule has 2 saturated carbocycles. The Hall–Kier alpha value is -1.40. The molecule has 1 saturated heterocycles. The maximum atomic E-state index is 12.8. The van der Waals surface area contributed by atoms with Crippen LogP contribution in [0.3, 0.4) is 0 Å². The monoisotopic (exact) mass is 404 g/mol. The minimum atomic E-state index is -0.528. The van der Waals surface area contributed by atoms with Gasteiger partial charge in [0, 0.05) is 24.4 Å². The number of fused-ring (bicyclic) bond motifs is 1. The summed E-state index contributed by atoms with van der Waals surface area (Å²) in [6.07, 6.45) is 7.83. The molecular formula is C22H32N2O3S. The number of nitrogens with zero attached hydrogens (tertiary/aromatic N) is 1. The maximum absolute atomic E-state index is 12.8. The Kier molecular flexibility index (Phi) is 6.07. The van der Waals surface area contributed by atoms with Crippen LogP contribution in [0.25, 0.3) is 0 Å². The van der Waals surface area contributed by atoms with Crippen molar-refractivity contribution in [3.05, 3.63) is 21.9 Å². The Bertz CT molecular complexity index is 712.